The molecule has 1 fully saturated rings. The quantitative estimate of drug-likeness (QED) is 0.575. The Labute approximate surface area is 216 Å². The molecule has 2 heterocycles. The van der Waals surface area contributed by atoms with Crippen LogP contribution in [0.5, 0.6) is 11.5 Å². The van der Waals surface area contributed by atoms with Gasteiger partial charge in [-0.15, -0.1) is 0 Å². The van der Waals surface area contributed by atoms with E-state index in [4.69, 9.17) is 9.47 Å². The van der Waals surface area contributed by atoms with Crippen LogP contribution >= 0.6 is 0 Å². The molecule has 0 unspecified atom stereocenters. The molecule has 2 aromatic carbocycles. The zero-order valence-electron chi connectivity index (χ0n) is 21.4. The Morgan fingerprint density at radius 3 is 2.19 bits per heavy atom. The van der Waals surface area contributed by atoms with Gasteiger partial charge in [0.25, 0.3) is 0 Å². The highest BCUT2D eigenvalue weighted by atomic mass is 16.5. The van der Waals surface area contributed by atoms with E-state index in [0.717, 1.165) is 0 Å². The summed E-state index contributed by atoms with van der Waals surface area (Å²) in [6.45, 7) is 5.45. The van der Waals surface area contributed by atoms with Crippen LogP contribution in [0.1, 0.15) is 53.0 Å². The number of para-hydroxylation sites is 1. The third-order valence-corrected chi connectivity index (χ3v) is 7.73. The molecule has 1 aliphatic carbocycles. The normalized spacial score (nSPS) is 23.4. The first kappa shape index (κ1) is 24.5. The highest BCUT2D eigenvalue weighted by Crippen LogP contribution is 2.61. The second kappa shape index (κ2) is 8.45. The Morgan fingerprint density at radius 2 is 1.65 bits per heavy atom. The van der Waals surface area contributed by atoms with Gasteiger partial charge in [-0.25, -0.2) is 0 Å². The number of methoxy groups -OCH3 is 2. The van der Waals surface area contributed by atoms with Crippen LogP contribution in [-0.4, -0.2) is 48.6 Å². The summed E-state index contributed by atoms with van der Waals surface area (Å²) in [6.07, 6.45) is 4.95. The Morgan fingerprint density at radius 1 is 1.00 bits per heavy atom. The van der Waals surface area contributed by atoms with Gasteiger partial charge in [-0.1, -0.05) is 63.2 Å². The molecule has 37 heavy (non-hydrogen) atoms. The number of nitrogens with zero attached hydrogens (tertiary/aromatic N) is 2. The van der Waals surface area contributed by atoms with Crippen molar-refractivity contribution in [2.45, 2.75) is 38.8 Å². The summed E-state index contributed by atoms with van der Waals surface area (Å²) in [5.41, 5.74) is -0.883. The van der Waals surface area contributed by atoms with Crippen LogP contribution in [0.25, 0.3) is 0 Å². The molecule has 7 nitrogen and oxygen atoms in total. The molecule has 0 aromatic heterocycles. The molecule has 3 atom stereocenters. The number of Topliss-reactive ketones (excluding diaryl/α,β-unsaturated/α-hetero) is 3. The van der Waals surface area contributed by atoms with Crippen LogP contribution in [0.2, 0.25) is 0 Å². The van der Waals surface area contributed by atoms with Crippen molar-refractivity contribution in [1.29, 1.82) is 5.26 Å². The van der Waals surface area contributed by atoms with Crippen LogP contribution in [0.4, 0.5) is 0 Å². The topological polar surface area (TPSA) is 96.7 Å². The van der Waals surface area contributed by atoms with Crippen LogP contribution in [-0.2, 0) is 4.79 Å². The third kappa shape index (κ3) is 3.21. The Balaban J connectivity index is 1.89. The van der Waals surface area contributed by atoms with Gasteiger partial charge in [-0.2, -0.15) is 5.26 Å². The number of hydrogen-bond donors (Lipinski definition) is 0. The summed E-state index contributed by atoms with van der Waals surface area (Å²) in [4.78, 5) is 44.8. The molecule has 2 aromatic rings. The van der Waals surface area contributed by atoms with Crippen LogP contribution in [0.3, 0.4) is 0 Å². The lowest BCUT2D eigenvalue weighted by Gasteiger charge is -2.34. The van der Waals surface area contributed by atoms with Crippen molar-refractivity contribution in [2.75, 3.05) is 14.2 Å². The number of nitriles is 1. The molecule has 1 saturated heterocycles. The van der Waals surface area contributed by atoms with Gasteiger partial charge < -0.3 is 14.4 Å². The number of fused-ring (bicyclic) bond motifs is 3. The van der Waals surface area contributed by atoms with E-state index in [9.17, 15) is 19.6 Å². The number of carbonyl (C=O) groups is 3. The Kier molecular flexibility index (Phi) is 5.60. The highest BCUT2D eigenvalue weighted by Gasteiger charge is 2.71. The lowest BCUT2D eigenvalue weighted by molar-refractivity contribution is -0.130. The number of ether oxygens (including phenoxy) is 2. The van der Waals surface area contributed by atoms with Gasteiger partial charge in [0.05, 0.1) is 31.9 Å². The summed E-state index contributed by atoms with van der Waals surface area (Å²) in [5.74, 6) is -0.918. The number of rotatable bonds is 4. The fraction of sp³-hybridized carbons (Fsp3) is 0.333. The van der Waals surface area contributed by atoms with Gasteiger partial charge in [0, 0.05) is 34.2 Å². The van der Waals surface area contributed by atoms with E-state index in [-0.39, 0.29) is 17.3 Å². The van der Waals surface area contributed by atoms with Crippen molar-refractivity contribution in [1.82, 2.24) is 4.90 Å². The predicted molar refractivity (Wildman–Crippen MR) is 137 cm³/mol. The molecular formula is C30H28N2O5. The van der Waals surface area contributed by atoms with Crippen LogP contribution in [0.15, 0.2) is 66.4 Å². The number of ketones is 3. The average molecular weight is 497 g/mol. The SMILES string of the molecule is COc1cccc([C@@H]2[C@@H](C(=O)C(C)(C)C)N3C=C(C#N)C=C[C@@H]3C23C(=O)c2ccccc2C3=O)c1OC. The highest BCUT2D eigenvalue weighted by molar-refractivity contribution is 6.31. The molecule has 3 aliphatic rings. The van der Waals surface area contributed by atoms with Crippen molar-refractivity contribution >= 4 is 17.3 Å². The minimum atomic E-state index is -1.64. The zero-order valence-corrected chi connectivity index (χ0v) is 21.4. The Bertz CT molecular complexity index is 1400. The maximum Gasteiger partial charge on any atom is 0.180 e. The maximum atomic E-state index is 14.4. The van der Waals surface area contributed by atoms with Crippen LogP contribution < -0.4 is 9.47 Å². The number of allylic oxidation sites excluding steroid dienone is 2. The molecule has 7 heteroatoms. The molecule has 188 valence electrons. The summed E-state index contributed by atoms with van der Waals surface area (Å²) in [6, 6.07) is 12.5. The second-order valence-corrected chi connectivity index (χ2v) is 10.6. The number of hydrogen-bond acceptors (Lipinski definition) is 7. The molecule has 0 saturated carbocycles. The monoisotopic (exact) mass is 496 g/mol. The molecule has 2 aliphatic heterocycles. The summed E-state index contributed by atoms with van der Waals surface area (Å²) < 4.78 is 11.3. The van der Waals surface area contributed by atoms with E-state index in [0.29, 0.717) is 33.8 Å². The van der Waals surface area contributed by atoms with E-state index < -0.39 is 28.8 Å². The van der Waals surface area contributed by atoms with Crippen molar-refractivity contribution in [2.24, 2.45) is 10.8 Å². The number of benzene rings is 2. The second-order valence-electron chi connectivity index (χ2n) is 10.6. The van der Waals surface area contributed by atoms with Crippen molar-refractivity contribution in [3.63, 3.8) is 0 Å². The fourth-order valence-electron chi connectivity index (χ4n) is 6.17. The maximum absolute atomic E-state index is 14.4. The summed E-state index contributed by atoms with van der Waals surface area (Å²) in [7, 11) is 3.01. The van der Waals surface area contributed by atoms with Gasteiger partial charge in [0.1, 0.15) is 11.5 Å². The largest absolute Gasteiger partial charge is 0.493 e. The smallest absolute Gasteiger partial charge is 0.180 e. The summed E-state index contributed by atoms with van der Waals surface area (Å²) in [5, 5.41) is 9.68. The molecule has 1 spiro atoms. The van der Waals surface area contributed by atoms with Crippen molar-refractivity contribution < 1.29 is 23.9 Å². The molecular weight excluding hydrogens is 468 g/mol. The fourth-order valence-corrected chi connectivity index (χ4v) is 6.17. The third-order valence-electron chi connectivity index (χ3n) is 7.73. The molecule has 0 N–H and O–H groups in total. The predicted octanol–water partition coefficient (Wildman–Crippen LogP) is 4.50. The first-order valence-electron chi connectivity index (χ1n) is 12.1. The van der Waals surface area contributed by atoms with Crippen LogP contribution in [0, 0.1) is 22.2 Å². The Hall–Kier alpha value is -4.18. The number of carbonyl (C=O) groups excluding carboxylic acids is 3. The minimum Gasteiger partial charge on any atom is -0.493 e. The van der Waals surface area contributed by atoms with Gasteiger partial charge in [0.2, 0.25) is 0 Å². The average Bonchev–Trinajstić information content (AvgIpc) is 3.32. The van der Waals surface area contributed by atoms with Gasteiger partial charge in [-0.3, -0.25) is 14.4 Å². The molecule has 0 radical (unpaired) electrons. The minimum absolute atomic E-state index is 0.148. The summed E-state index contributed by atoms with van der Waals surface area (Å²) >= 11 is 0. The van der Waals surface area contributed by atoms with E-state index in [1.54, 1.807) is 65.7 Å². The van der Waals surface area contributed by atoms with Gasteiger partial charge in [0.15, 0.2) is 28.8 Å². The standard InChI is InChI=1S/C30H28N2O5/c1-29(2,3)28(35)24-23(20-11-8-12-21(36-4)25(20)37-5)30(22-14-13-17(15-31)16-32(22)24)26(33)18-9-6-7-10-19(18)27(30)34/h6-14,16,22-24H,1-5H3/t22-,23-,24+/m1/s1. The van der Waals surface area contributed by atoms with E-state index >= 15 is 0 Å². The first-order valence-corrected chi connectivity index (χ1v) is 12.1. The van der Waals surface area contributed by atoms with Crippen molar-refractivity contribution in [3.8, 4) is 17.6 Å². The van der Waals surface area contributed by atoms with Gasteiger partial charge in [-0.05, 0) is 12.1 Å². The lowest BCUT2D eigenvalue weighted by atomic mass is 9.63. The van der Waals surface area contributed by atoms with E-state index in [1.165, 1.54) is 14.2 Å². The zero-order chi connectivity index (χ0) is 26.7. The van der Waals surface area contributed by atoms with E-state index in [1.807, 2.05) is 20.8 Å². The van der Waals surface area contributed by atoms with E-state index in [2.05, 4.69) is 6.07 Å². The molecule has 5 rings (SSSR count). The first-order chi connectivity index (χ1) is 17.6. The van der Waals surface area contributed by atoms with Gasteiger partial charge >= 0.3 is 0 Å². The lowest BCUT2D eigenvalue weighted by Crippen LogP contribution is -2.47. The molecule has 0 amide bonds. The van der Waals surface area contributed by atoms with Crippen molar-refractivity contribution in [3.05, 3.63) is 83.1 Å². The molecule has 0 bridgehead atoms.